The van der Waals surface area contributed by atoms with Crippen LogP contribution in [0, 0.1) is 6.92 Å². The lowest BCUT2D eigenvalue weighted by atomic mass is 10.1. The van der Waals surface area contributed by atoms with Gasteiger partial charge < -0.3 is 10.4 Å². The molecular weight excluding hydrogens is 274 g/mol. The molecule has 1 rings (SSSR count). The Morgan fingerprint density at radius 1 is 1.24 bits per heavy atom. The first-order chi connectivity index (χ1) is 9.99. The highest BCUT2D eigenvalue weighted by Crippen LogP contribution is 2.04. The number of hydrogen-bond acceptors (Lipinski definition) is 4. The van der Waals surface area contributed by atoms with Gasteiger partial charge in [-0.1, -0.05) is 0 Å². The third kappa shape index (κ3) is 7.05. The topological polar surface area (TPSA) is 108 Å². The fraction of sp³-hybridized carbons (Fsp3) is 0.429. The van der Waals surface area contributed by atoms with Crippen LogP contribution in [0.1, 0.15) is 36.8 Å². The van der Waals surface area contributed by atoms with Gasteiger partial charge in [0.2, 0.25) is 5.91 Å². The van der Waals surface area contributed by atoms with Gasteiger partial charge >= 0.3 is 12.0 Å². The van der Waals surface area contributed by atoms with Crippen molar-refractivity contribution in [2.45, 2.75) is 39.2 Å². The molecule has 3 N–H and O–H groups in total. The zero-order valence-electron chi connectivity index (χ0n) is 11.9. The van der Waals surface area contributed by atoms with E-state index in [0.717, 1.165) is 11.1 Å². The molecular formula is C14H19N3O4. The van der Waals surface area contributed by atoms with Gasteiger partial charge in [0.25, 0.3) is 0 Å². The Morgan fingerprint density at radius 3 is 2.62 bits per heavy atom. The highest BCUT2D eigenvalue weighted by atomic mass is 16.4. The van der Waals surface area contributed by atoms with Gasteiger partial charge in [-0.2, -0.15) is 0 Å². The van der Waals surface area contributed by atoms with E-state index < -0.39 is 17.9 Å². The van der Waals surface area contributed by atoms with Crippen molar-refractivity contribution in [3.63, 3.8) is 0 Å². The molecule has 7 nitrogen and oxygen atoms in total. The molecule has 1 aromatic heterocycles. The number of aryl methyl sites for hydroxylation is 1. The molecule has 0 aliphatic carbocycles. The van der Waals surface area contributed by atoms with Crippen LogP contribution in [-0.2, 0) is 16.1 Å². The van der Waals surface area contributed by atoms with Gasteiger partial charge in [0.1, 0.15) is 0 Å². The van der Waals surface area contributed by atoms with Crippen molar-refractivity contribution in [1.29, 1.82) is 0 Å². The van der Waals surface area contributed by atoms with E-state index in [2.05, 4.69) is 15.6 Å². The first kappa shape index (κ1) is 16.6. The molecule has 0 fully saturated rings. The fourth-order valence-electron chi connectivity index (χ4n) is 1.65. The third-order valence-corrected chi connectivity index (χ3v) is 2.88. The van der Waals surface area contributed by atoms with Crippen LogP contribution in [0.4, 0.5) is 4.79 Å². The predicted molar refractivity (Wildman–Crippen MR) is 75.5 cm³/mol. The van der Waals surface area contributed by atoms with Crippen molar-refractivity contribution >= 4 is 17.9 Å². The Balaban J connectivity index is 2.22. The molecule has 0 spiro atoms. The minimum Gasteiger partial charge on any atom is -0.481 e. The van der Waals surface area contributed by atoms with E-state index in [1.807, 2.05) is 13.0 Å². The summed E-state index contributed by atoms with van der Waals surface area (Å²) in [7, 11) is 0. The maximum Gasteiger partial charge on any atom is 0.321 e. The summed E-state index contributed by atoms with van der Waals surface area (Å²) in [6.45, 7) is 2.20. The zero-order chi connectivity index (χ0) is 15.7. The minimum atomic E-state index is -0.889. The molecule has 0 unspecified atom stereocenters. The van der Waals surface area contributed by atoms with Crippen molar-refractivity contribution in [2.24, 2.45) is 0 Å². The number of nitrogens with zero attached hydrogens (tertiary/aromatic N) is 1. The number of amides is 3. The number of aliphatic carboxylic acids is 1. The maximum atomic E-state index is 11.5. The van der Waals surface area contributed by atoms with Crippen LogP contribution >= 0.6 is 0 Å². The van der Waals surface area contributed by atoms with Gasteiger partial charge in [-0.05, 0) is 37.0 Å². The summed E-state index contributed by atoms with van der Waals surface area (Å²) in [4.78, 5) is 37.2. The number of carboxylic acids is 1. The van der Waals surface area contributed by atoms with E-state index in [9.17, 15) is 14.4 Å². The summed E-state index contributed by atoms with van der Waals surface area (Å²) in [6.07, 6.45) is 4.33. The van der Waals surface area contributed by atoms with Gasteiger partial charge in [-0.25, -0.2) is 4.79 Å². The molecule has 1 aromatic rings. The summed E-state index contributed by atoms with van der Waals surface area (Å²) in [5, 5.41) is 13.2. The molecule has 3 amide bonds. The van der Waals surface area contributed by atoms with Gasteiger partial charge in [-0.3, -0.25) is 19.9 Å². The SMILES string of the molecule is Cc1ccncc1CNC(=O)NC(=O)CCCCC(=O)O. The molecule has 0 aliphatic rings. The number of urea groups is 1. The quantitative estimate of drug-likeness (QED) is 0.658. The van der Waals surface area contributed by atoms with Crippen LogP contribution < -0.4 is 10.6 Å². The van der Waals surface area contributed by atoms with Gasteiger partial charge in [0, 0.05) is 31.8 Å². The first-order valence-corrected chi connectivity index (χ1v) is 6.68. The lowest BCUT2D eigenvalue weighted by molar-refractivity contribution is -0.137. The second-order valence-electron chi connectivity index (χ2n) is 4.63. The smallest absolute Gasteiger partial charge is 0.321 e. The van der Waals surface area contributed by atoms with E-state index >= 15 is 0 Å². The van der Waals surface area contributed by atoms with Crippen LogP contribution in [0.2, 0.25) is 0 Å². The number of carboxylic acid groups (broad SMARTS) is 1. The normalized spacial score (nSPS) is 9.95. The summed E-state index contributed by atoms with van der Waals surface area (Å²) < 4.78 is 0. The fourth-order valence-corrected chi connectivity index (χ4v) is 1.65. The van der Waals surface area contributed by atoms with Crippen LogP contribution in [0.25, 0.3) is 0 Å². The van der Waals surface area contributed by atoms with Crippen LogP contribution in [0.5, 0.6) is 0 Å². The van der Waals surface area contributed by atoms with Crippen LogP contribution in [0.15, 0.2) is 18.5 Å². The number of nitrogens with one attached hydrogen (secondary N) is 2. The molecule has 0 bridgehead atoms. The average Bonchev–Trinajstić information content (AvgIpc) is 2.42. The average molecular weight is 293 g/mol. The molecule has 0 aliphatic heterocycles. The summed E-state index contributed by atoms with van der Waals surface area (Å²) >= 11 is 0. The number of unbranched alkanes of at least 4 members (excludes halogenated alkanes) is 1. The van der Waals surface area contributed by atoms with Crippen molar-refractivity contribution in [2.75, 3.05) is 0 Å². The summed E-state index contributed by atoms with van der Waals surface area (Å²) in [5.41, 5.74) is 1.88. The van der Waals surface area contributed by atoms with E-state index in [4.69, 9.17) is 5.11 Å². The minimum absolute atomic E-state index is 0.0275. The Labute approximate surface area is 122 Å². The molecule has 1 heterocycles. The van der Waals surface area contributed by atoms with Gasteiger partial charge in [0.05, 0.1) is 0 Å². The molecule has 0 saturated heterocycles. The molecule has 0 radical (unpaired) electrons. The number of aromatic nitrogens is 1. The van der Waals surface area contributed by atoms with E-state index in [1.54, 1.807) is 12.4 Å². The number of carbonyl (C=O) groups is 3. The predicted octanol–water partition coefficient (Wildman–Crippen LogP) is 1.36. The highest BCUT2D eigenvalue weighted by Gasteiger charge is 2.08. The molecule has 0 aromatic carbocycles. The summed E-state index contributed by atoms with van der Waals surface area (Å²) in [6, 6.07) is 1.27. The number of carbonyl (C=O) groups excluding carboxylic acids is 2. The molecule has 0 atom stereocenters. The monoisotopic (exact) mass is 293 g/mol. The number of imide groups is 1. The molecule has 7 heteroatoms. The Bertz CT molecular complexity index is 517. The molecule has 0 saturated carbocycles. The Kier molecular flexibility index (Phi) is 6.86. The van der Waals surface area contributed by atoms with E-state index in [1.165, 1.54) is 0 Å². The molecule has 21 heavy (non-hydrogen) atoms. The third-order valence-electron chi connectivity index (χ3n) is 2.88. The summed E-state index contributed by atoms with van der Waals surface area (Å²) in [5.74, 6) is -1.30. The van der Waals surface area contributed by atoms with Crippen molar-refractivity contribution < 1.29 is 19.5 Å². The number of pyridine rings is 1. The standard InChI is InChI=1S/C14H19N3O4/c1-10-6-7-15-8-11(10)9-16-14(21)17-12(18)4-2-3-5-13(19)20/h6-8H,2-5,9H2,1H3,(H,19,20)(H2,16,17,18,21). The second kappa shape index (κ2) is 8.68. The first-order valence-electron chi connectivity index (χ1n) is 6.68. The van der Waals surface area contributed by atoms with Gasteiger partial charge in [-0.15, -0.1) is 0 Å². The number of rotatable bonds is 7. The zero-order valence-corrected chi connectivity index (χ0v) is 11.9. The Morgan fingerprint density at radius 2 is 1.95 bits per heavy atom. The van der Waals surface area contributed by atoms with Crippen molar-refractivity contribution in [3.05, 3.63) is 29.6 Å². The Hall–Kier alpha value is -2.44. The van der Waals surface area contributed by atoms with E-state index in [0.29, 0.717) is 12.8 Å². The van der Waals surface area contributed by atoms with Crippen LogP contribution in [0.3, 0.4) is 0 Å². The van der Waals surface area contributed by atoms with Crippen molar-refractivity contribution in [3.8, 4) is 0 Å². The van der Waals surface area contributed by atoms with Crippen molar-refractivity contribution in [1.82, 2.24) is 15.6 Å². The maximum absolute atomic E-state index is 11.5. The van der Waals surface area contributed by atoms with Gasteiger partial charge in [0.15, 0.2) is 0 Å². The highest BCUT2D eigenvalue weighted by molar-refractivity contribution is 5.94. The lowest BCUT2D eigenvalue weighted by Gasteiger charge is -2.08. The second-order valence-corrected chi connectivity index (χ2v) is 4.63. The largest absolute Gasteiger partial charge is 0.481 e. The van der Waals surface area contributed by atoms with E-state index in [-0.39, 0.29) is 19.4 Å². The van der Waals surface area contributed by atoms with Crippen LogP contribution in [-0.4, -0.2) is 28.0 Å². The lowest BCUT2D eigenvalue weighted by Crippen LogP contribution is -2.39. The number of hydrogen-bond donors (Lipinski definition) is 3. The molecule has 114 valence electrons.